The highest BCUT2D eigenvalue weighted by molar-refractivity contribution is 5.77. The van der Waals surface area contributed by atoms with Crippen molar-refractivity contribution in [1.29, 1.82) is 0 Å². The first-order chi connectivity index (χ1) is 11.2. The van der Waals surface area contributed by atoms with Gasteiger partial charge in [-0.15, -0.1) is 0 Å². The van der Waals surface area contributed by atoms with Gasteiger partial charge in [-0.2, -0.15) is 4.98 Å². The molecule has 1 fully saturated rings. The van der Waals surface area contributed by atoms with Crippen molar-refractivity contribution in [2.45, 2.75) is 51.2 Å². The van der Waals surface area contributed by atoms with E-state index < -0.39 is 6.29 Å². The number of benzene rings is 1. The zero-order chi connectivity index (χ0) is 16.1. The van der Waals surface area contributed by atoms with Crippen LogP contribution in [0.2, 0.25) is 0 Å². The van der Waals surface area contributed by atoms with Crippen LogP contribution in [-0.2, 0) is 4.79 Å². The lowest BCUT2D eigenvalue weighted by Gasteiger charge is -2.21. The van der Waals surface area contributed by atoms with E-state index in [1.165, 1.54) is 32.1 Å². The molecule has 4 N–H and O–H groups in total. The van der Waals surface area contributed by atoms with Crippen LogP contribution in [0.3, 0.4) is 0 Å². The summed E-state index contributed by atoms with van der Waals surface area (Å²) in [5.74, 6) is 0.655. The molecular formula is C17H24N4O2. The van der Waals surface area contributed by atoms with Gasteiger partial charge in [0.2, 0.25) is 5.91 Å². The van der Waals surface area contributed by atoms with Crippen molar-refractivity contribution in [3.8, 4) is 0 Å². The van der Waals surface area contributed by atoms with Gasteiger partial charge in [0.25, 0.3) is 6.01 Å². The maximum Gasteiger partial charge on any atom is 0.298 e. The topological polar surface area (TPSA) is 93.2 Å². The quantitative estimate of drug-likeness (QED) is 0.712. The SMILES string of the molecule is NC(NC(=O)CCC1CCCCC1)Nc1nc2ccccc2o1. The number of anilines is 1. The van der Waals surface area contributed by atoms with Gasteiger partial charge in [0.05, 0.1) is 0 Å². The number of nitrogens with zero attached hydrogens (tertiary/aromatic N) is 1. The Kier molecular flexibility index (Phi) is 5.12. The molecule has 1 amide bonds. The highest BCUT2D eigenvalue weighted by Gasteiger charge is 2.16. The van der Waals surface area contributed by atoms with Crippen LogP contribution in [0.5, 0.6) is 0 Å². The molecule has 1 aliphatic rings. The molecule has 6 nitrogen and oxygen atoms in total. The van der Waals surface area contributed by atoms with Crippen molar-refractivity contribution in [2.75, 3.05) is 5.32 Å². The standard InChI is InChI=1S/C17H24N4O2/c18-16(20-15(22)11-10-12-6-2-1-3-7-12)21-17-19-13-8-4-5-9-14(13)23-17/h4-5,8-9,12,16H,1-3,6-7,10-11,18H2,(H,19,21)(H,20,22). The van der Waals surface area contributed by atoms with E-state index in [4.69, 9.17) is 10.2 Å². The predicted octanol–water partition coefficient (Wildman–Crippen LogP) is 2.96. The second-order valence-corrected chi connectivity index (χ2v) is 6.22. The molecule has 1 aromatic heterocycles. The Bertz CT molecular complexity index is 616. The lowest BCUT2D eigenvalue weighted by atomic mass is 9.86. The van der Waals surface area contributed by atoms with Crippen molar-refractivity contribution >= 4 is 23.0 Å². The first-order valence-electron chi connectivity index (χ1n) is 8.38. The molecule has 2 aromatic rings. The van der Waals surface area contributed by atoms with Gasteiger partial charge >= 0.3 is 0 Å². The van der Waals surface area contributed by atoms with Gasteiger partial charge in [0, 0.05) is 6.42 Å². The zero-order valence-corrected chi connectivity index (χ0v) is 13.3. The highest BCUT2D eigenvalue weighted by atomic mass is 16.4. The second kappa shape index (κ2) is 7.46. The van der Waals surface area contributed by atoms with Crippen molar-refractivity contribution in [1.82, 2.24) is 10.3 Å². The van der Waals surface area contributed by atoms with Gasteiger partial charge in [-0.25, -0.2) is 0 Å². The van der Waals surface area contributed by atoms with Gasteiger partial charge in [0.1, 0.15) is 5.52 Å². The summed E-state index contributed by atoms with van der Waals surface area (Å²) in [5.41, 5.74) is 7.34. The van der Waals surface area contributed by atoms with E-state index in [0.29, 0.717) is 23.9 Å². The number of hydrogen-bond donors (Lipinski definition) is 3. The molecule has 1 saturated carbocycles. The molecule has 3 rings (SSSR count). The molecule has 23 heavy (non-hydrogen) atoms. The minimum atomic E-state index is -0.707. The van der Waals surface area contributed by atoms with E-state index in [0.717, 1.165) is 11.9 Å². The molecule has 0 spiro atoms. The van der Waals surface area contributed by atoms with Crippen molar-refractivity contribution in [3.63, 3.8) is 0 Å². The van der Waals surface area contributed by atoms with Gasteiger partial charge in [-0.3, -0.25) is 10.5 Å². The van der Waals surface area contributed by atoms with E-state index in [9.17, 15) is 4.79 Å². The molecule has 1 atom stereocenters. The summed E-state index contributed by atoms with van der Waals surface area (Å²) < 4.78 is 5.52. The molecular weight excluding hydrogens is 292 g/mol. The number of nitrogens with two attached hydrogens (primary N) is 1. The third kappa shape index (κ3) is 4.45. The summed E-state index contributed by atoms with van der Waals surface area (Å²) in [6.07, 6.45) is 7.19. The predicted molar refractivity (Wildman–Crippen MR) is 89.6 cm³/mol. The van der Waals surface area contributed by atoms with E-state index in [-0.39, 0.29) is 5.91 Å². The third-order valence-corrected chi connectivity index (χ3v) is 4.39. The average Bonchev–Trinajstić information content (AvgIpc) is 2.96. The van der Waals surface area contributed by atoms with E-state index in [1.807, 2.05) is 24.3 Å². The van der Waals surface area contributed by atoms with Crippen LogP contribution < -0.4 is 16.4 Å². The maximum absolute atomic E-state index is 12.0. The molecule has 124 valence electrons. The number of fused-ring (bicyclic) bond motifs is 1. The Balaban J connectivity index is 1.44. The Morgan fingerprint density at radius 3 is 2.87 bits per heavy atom. The van der Waals surface area contributed by atoms with Gasteiger partial charge in [-0.1, -0.05) is 44.2 Å². The number of amides is 1. The van der Waals surface area contributed by atoms with Crippen LogP contribution in [0.25, 0.3) is 11.1 Å². The van der Waals surface area contributed by atoms with Crippen LogP contribution in [0.15, 0.2) is 28.7 Å². The molecule has 1 aliphatic carbocycles. The van der Waals surface area contributed by atoms with Crippen LogP contribution in [0.1, 0.15) is 44.9 Å². The second-order valence-electron chi connectivity index (χ2n) is 6.22. The smallest absolute Gasteiger partial charge is 0.298 e. The van der Waals surface area contributed by atoms with Crippen LogP contribution in [0.4, 0.5) is 6.01 Å². The van der Waals surface area contributed by atoms with Crippen LogP contribution >= 0.6 is 0 Å². The molecule has 1 unspecified atom stereocenters. The summed E-state index contributed by atoms with van der Waals surface area (Å²) in [6.45, 7) is 0. The minimum Gasteiger partial charge on any atom is -0.423 e. The van der Waals surface area contributed by atoms with E-state index in [2.05, 4.69) is 15.6 Å². The Hall–Kier alpha value is -2.08. The fourth-order valence-corrected chi connectivity index (χ4v) is 3.16. The molecule has 0 radical (unpaired) electrons. The molecule has 0 aliphatic heterocycles. The fraction of sp³-hybridized carbons (Fsp3) is 0.529. The lowest BCUT2D eigenvalue weighted by Crippen LogP contribution is -2.47. The summed E-state index contributed by atoms with van der Waals surface area (Å²) in [6, 6.07) is 7.78. The number of para-hydroxylation sites is 2. The monoisotopic (exact) mass is 316 g/mol. The number of carbonyl (C=O) groups excluding carboxylic acids is 1. The molecule has 1 heterocycles. The molecule has 6 heteroatoms. The first kappa shape index (κ1) is 15.8. The van der Waals surface area contributed by atoms with E-state index in [1.54, 1.807) is 0 Å². The number of hydrogen-bond acceptors (Lipinski definition) is 5. The lowest BCUT2D eigenvalue weighted by molar-refractivity contribution is -0.121. The molecule has 0 bridgehead atoms. The van der Waals surface area contributed by atoms with Crippen LogP contribution in [0, 0.1) is 5.92 Å². The van der Waals surface area contributed by atoms with Gasteiger partial charge < -0.3 is 15.1 Å². The highest BCUT2D eigenvalue weighted by Crippen LogP contribution is 2.27. The zero-order valence-electron chi connectivity index (χ0n) is 13.3. The normalized spacial score (nSPS) is 17.1. The largest absolute Gasteiger partial charge is 0.423 e. The Morgan fingerprint density at radius 2 is 2.09 bits per heavy atom. The summed E-state index contributed by atoms with van der Waals surface area (Å²) in [5, 5.41) is 5.61. The fourth-order valence-electron chi connectivity index (χ4n) is 3.16. The van der Waals surface area contributed by atoms with Gasteiger partial charge in [0.15, 0.2) is 11.9 Å². The molecule has 1 aromatic carbocycles. The summed E-state index contributed by atoms with van der Waals surface area (Å²) in [7, 11) is 0. The Morgan fingerprint density at radius 1 is 1.30 bits per heavy atom. The number of nitrogens with one attached hydrogen (secondary N) is 2. The summed E-state index contributed by atoms with van der Waals surface area (Å²) in [4.78, 5) is 16.2. The molecule has 0 saturated heterocycles. The maximum atomic E-state index is 12.0. The minimum absolute atomic E-state index is 0.0355. The van der Waals surface area contributed by atoms with Crippen LogP contribution in [-0.4, -0.2) is 17.2 Å². The van der Waals surface area contributed by atoms with Gasteiger partial charge in [-0.05, 0) is 24.5 Å². The Labute approximate surface area is 135 Å². The van der Waals surface area contributed by atoms with Crippen molar-refractivity contribution in [3.05, 3.63) is 24.3 Å². The number of aromatic nitrogens is 1. The number of carbonyl (C=O) groups is 1. The first-order valence-corrected chi connectivity index (χ1v) is 8.38. The average molecular weight is 316 g/mol. The van der Waals surface area contributed by atoms with E-state index >= 15 is 0 Å². The number of rotatable bonds is 6. The summed E-state index contributed by atoms with van der Waals surface area (Å²) >= 11 is 0. The number of oxazole rings is 1. The third-order valence-electron chi connectivity index (χ3n) is 4.39. The van der Waals surface area contributed by atoms with Crippen molar-refractivity contribution < 1.29 is 9.21 Å². The van der Waals surface area contributed by atoms with Crippen molar-refractivity contribution in [2.24, 2.45) is 11.7 Å².